The van der Waals surface area contributed by atoms with Gasteiger partial charge in [-0.15, -0.1) is 24.0 Å². The number of guanidine groups is 1. The number of aryl methyl sites for hydroxylation is 2. The number of fused-ring (bicyclic) bond motifs is 1. The summed E-state index contributed by atoms with van der Waals surface area (Å²) in [5.41, 5.74) is 0.0126. The summed E-state index contributed by atoms with van der Waals surface area (Å²) in [6.45, 7) is -0.585. The first kappa shape index (κ1) is 22.2. The topological polar surface area (TPSA) is 76.4 Å². The first-order chi connectivity index (χ1) is 13.0. The van der Waals surface area contributed by atoms with Crippen LogP contribution in [0.25, 0.3) is 0 Å². The van der Waals surface area contributed by atoms with Gasteiger partial charge in [0.05, 0.1) is 6.54 Å². The van der Waals surface area contributed by atoms with Crippen LogP contribution >= 0.6 is 24.0 Å². The van der Waals surface area contributed by atoms with Gasteiger partial charge in [-0.25, -0.2) is 14.1 Å². The molecule has 1 aromatic heterocycles. The zero-order valence-electron chi connectivity index (χ0n) is 15.5. The van der Waals surface area contributed by atoms with Crippen LogP contribution in [0.2, 0.25) is 0 Å². The van der Waals surface area contributed by atoms with Crippen molar-refractivity contribution in [1.82, 2.24) is 25.4 Å². The molecule has 0 aliphatic carbocycles. The summed E-state index contributed by atoms with van der Waals surface area (Å²) in [6, 6.07) is 3.89. The van der Waals surface area contributed by atoms with Gasteiger partial charge in [0.1, 0.15) is 23.2 Å². The molecule has 7 nitrogen and oxygen atoms in total. The smallest absolute Gasteiger partial charge is 0.387 e. The number of nitrogens with one attached hydrogen (secondary N) is 2. The molecule has 1 atom stereocenters. The number of aliphatic imine (C=N–C) groups is 1. The lowest BCUT2D eigenvalue weighted by Crippen LogP contribution is -2.46. The number of ether oxygens (including phenoxy) is 1. The van der Waals surface area contributed by atoms with Crippen molar-refractivity contribution >= 4 is 29.9 Å². The second-order valence-corrected chi connectivity index (χ2v) is 6.16. The Kier molecular flexibility index (Phi) is 7.89. The Hall–Kier alpha value is -2.05. The monoisotopic (exact) mass is 510 g/mol. The second-order valence-electron chi connectivity index (χ2n) is 6.16. The summed E-state index contributed by atoms with van der Waals surface area (Å²) in [5.74, 6) is 1.30. The fraction of sp³-hybridized carbons (Fsp3) is 0.471. The lowest BCUT2D eigenvalue weighted by atomic mass is 10.1. The van der Waals surface area contributed by atoms with Crippen molar-refractivity contribution < 1.29 is 17.9 Å². The third kappa shape index (κ3) is 5.49. The third-order valence-corrected chi connectivity index (χ3v) is 4.25. The van der Waals surface area contributed by atoms with E-state index in [2.05, 4.69) is 30.4 Å². The molecule has 0 amide bonds. The van der Waals surface area contributed by atoms with Crippen molar-refractivity contribution in [2.24, 2.45) is 4.99 Å². The van der Waals surface area contributed by atoms with E-state index in [4.69, 9.17) is 0 Å². The summed E-state index contributed by atoms with van der Waals surface area (Å²) in [5, 5.41) is 10.5. The number of hydrogen-bond donors (Lipinski definition) is 2. The van der Waals surface area contributed by atoms with E-state index in [-0.39, 0.29) is 47.9 Å². The van der Waals surface area contributed by atoms with Gasteiger partial charge >= 0.3 is 6.61 Å². The Morgan fingerprint density at radius 2 is 2.21 bits per heavy atom. The maximum absolute atomic E-state index is 14.0. The lowest BCUT2D eigenvalue weighted by molar-refractivity contribution is -0.0506. The van der Waals surface area contributed by atoms with Crippen LogP contribution in [0.3, 0.4) is 0 Å². The minimum Gasteiger partial charge on any atom is -0.434 e. The molecule has 11 heteroatoms. The lowest BCUT2D eigenvalue weighted by Gasteiger charge is -2.25. The van der Waals surface area contributed by atoms with Crippen LogP contribution in [0.5, 0.6) is 5.75 Å². The van der Waals surface area contributed by atoms with Crippen LogP contribution < -0.4 is 15.4 Å². The van der Waals surface area contributed by atoms with Gasteiger partial charge in [-0.3, -0.25) is 4.99 Å². The maximum atomic E-state index is 14.0. The largest absolute Gasteiger partial charge is 0.434 e. The molecule has 0 saturated carbocycles. The molecule has 28 heavy (non-hydrogen) atoms. The van der Waals surface area contributed by atoms with Crippen LogP contribution in [-0.4, -0.2) is 40.4 Å². The fourth-order valence-corrected chi connectivity index (χ4v) is 3.03. The zero-order valence-corrected chi connectivity index (χ0v) is 17.8. The number of alkyl halides is 2. The molecule has 1 unspecified atom stereocenters. The summed E-state index contributed by atoms with van der Waals surface area (Å²) >= 11 is 0. The number of halogens is 4. The van der Waals surface area contributed by atoms with Crippen LogP contribution in [0.1, 0.15) is 23.6 Å². The van der Waals surface area contributed by atoms with Gasteiger partial charge in [0.25, 0.3) is 0 Å². The van der Waals surface area contributed by atoms with Crippen molar-refractivity contribution in [3.63, 3.8) is 0 Å². The molecule has 0 radical (unpaired) electrons. The molecule has 3 rings (SSSR count). The molecule has 2 aromatic rings. The molecular formula is C17H22F3IN6O. The molecule has 154 valence electrons. The van der Waals surface area contributed by atoms with Gasteiger partial charge in [-0.05, 0) is 25.5 Å². The van der Waals surface area contributed by atoms with Crippen molar-refractivity contribution in [3.05, 3.63) is 41.2 Å². The first-order valence-corrected chi connectivity index (χ1v) is 8.56. The molecule has 0 saturated heterocycles. The molecule has 2 heterocycles. The van der Waals surface area contributed by atoms with Crippen molar-refractivity contribution in [3.8, 4) is 5.75 Å². The van der Waals surface area contributed by atoms with Crippen LogP contribution in [-0.2, 0) is 19.5 Å². The highest BCUT2D eigenvalue weighted by Gasteiger charge is 2.22. The normalized spacial score (nSPS) is 16.4. The highest BCUT2D eigenvalue weighted by Crippen LogP contribution is 2.23. The molecule has 0 bridgehead atoms. The van der Waals surface area contributed by atoms with Gasteiger partial charge in [0, 0.05) is 31.6 Å². The van der Waals surface area contributed by atoms with E-state index in [0.717, 1.165) is 24.5 Å². The van der Waals surface area contributed by atoms with Crippen LogP contribution in [0.15, 0.2) is 23.2 Å². The number of rotatable bonds is 5. The van der Waals surface area contributed by atoms with E-state index in [1.54, 1.807) is 7.05 Å². The van der Waals surface area contributed by atoms with Crippen molar-refractivity contribution in [1.29, 1.82) is 0 Å². The average Bonchev–Trinajstić information content (AvgIpc) is 2.99. The second kappa shape index (κ2) is 9.94. The zero-order chi connectivity index (χ0) is 19.4. The molecule has 1 aliphatic rings. The van der Waals surface area contributed by atoms with Gasteiger partial charge in [0.15, 0.2) is 5.96 Å². The molecule has 1 aromatic carbocycles. The maximum Gasteiger partial charge on any atom is 0.387 e. The van der Waals surface area contributed by atoms with E-state index in [1.165, 1.54) is 18.2 Å². The number of hydrogen-bond acceptors (Lipinski definition) is 4. The van der Waals surface area contributed by atoms with Gasteiger partial charge in [0.2, 0.25) is 0 Å². The molecule has 0 spiro atoms. The van der Waals surface area contributed by atoms with Crippen molar-refractivity contribution in [2.75, 3.05) is 7.05 Å². The molecule has 1 aliphatic heterocycles. The van der Waals surface area contributed by atoms with E-state index in [9.17, 15) is 13.2 Å². The highest BCUT2D eigenvalue weighted by atomic mass is 127. The summed E-state index contributed by atoms with van der Waals surface area (Å²) in [6.07, 6.45) is 1.63. The van der Waals surface area contributed by atoms with Crippen LogP contribution in [0, 0.1) is 12.7 Å². The number of aromatic nitrogens is 3. The Bertz CT molecular complexity index is 829. The summed E-state index contributed by atoms with van der Waals surface area (Å²) in [7, 11) is 1.58. The fourth-order valence-electron chi connectivity index (χ4n) is 3.03. The third-order valence-electron chi connectivity index (χ3n) is 4.25. The molecule has 2 N–H and O–H groups in total. The minimum atomic E-state index is -3.02. The van der Waals surface area contributed by atoms with Crippen LogP contribution in [0.4, 0.5) is 13.2 Å². The predicted octanol–water partition coefficient (Wildman–Crippen LogP) is 2.63. The Balaban J connectivity index is 0.00000280. The van der Waals surface area contributed by atoms with Gasteiger partial charge in [-0.2, -0.15) is 13.9 Å². The van der Waals surface area contributed by atoms with E-state index in [1.807, 2.05) is 11.6 Å². The van der Waals surface area contributed by atoms with Crippen molar-refractivity contribution in [2.45, 2.75) is 45.5 Å². The minimum absolute atomic E-state index is 0. The Morgan fingerprint density at radius 1 is 1.43 bits per heavy atom. The van der Waals surface area contributed by atoms with Gasteiger partial charge < -0.3 is 15.4 Å². The standard InChI is InChI=1S/C17H21F3N6O.HI/c1-10-23-15-7-6-11(9-26(15)25-10)24-17(21-2)22-8-12-13(18)4-3-5-14(12)27-16(19)20;/h3-5,11,16H,6-9H2,1-2H3,(H2,21,22,24);1H. The van der Waals surface area contributed by atoms with Gasteiger partial charge in [-0.1, -0.05) is 6.07 Å². The first-order valence-electron chi connectivity index (χ1n) is 8.56. The SMILES string of the molecule is CN=C(NCc1c(F)cccc1OC(F)F)NC1CCc2nc(C)nn2C1.I. The highest BCUT2D eigenvalue weighted by molar-refractivity contribution is 14.0. The Labute approximate surface area is 177 Å². The summed E-state index contributed by atoms with van der Waals surface area (Å²) in [4.78, 5) is 8.48. The average molecular weight is 510 g/mol. The molecular weight excluding hydrogens is 488 g/mol. The number of benzene rings is 1. The van der Waals surface area contributed by atoms with E-state index in [0.29, 0.717) is 12.5 Å². The Morgan fingerprint density at radius 3 is 2.93 bits per heavy atom. The molecule has 0 fully saturated rings. The number of nitrogens with zero attached hydrogens (tertiary/aromatic N) is 4. The predicted molar refractivity (Wildman–Crippen MR) is 109 cm³/mol. The quantitative estimate of drug-likeness (QED) is 0.368. The van der Waals surface area contributed by atoms with E-state index < -0.39 is 12.4 Å². The summed E-state index contributed by atoms with van der Waals surface area (Å²) < 4.78 is 45.3. The van der Waals surface area contributed by atoms with E-state index >= 15 is 0 Å².